The van der Waals surface area contributed by atoms with Crippen LogP contribution in [-0.2, 0) is 13.5 Å². The van der Waals surface area contributed by atoms with Crippen LogP contribution in [0.4, 0.5) is 0 Å². The number of aromatic nitrogens is 2. The lowest BCUT2D eigenvalue weighted by atomic mass is 10.1. The van der Waals surface area contributed by atoms with Crippen LogP contribution in [0.5, 0.6) is 5.75 Å². The molecule has 6 heteroatoms. The zero-order valence-corrected chi connectivity index (χ0v) is 14.2. The van der Waals surface area contributed by atoms with E-state index in [4.69, 9.17) is 4.74 Å². The molecule has 3 aromatic rings. The molecule has 0 aliphatic carbocycles. The maximum Gasteiger partial charge on any atom is 0.274 e. The van der Waals surface area contributed by atoms with Gasteiger partial charge in [-0.1, -0.05) is 30.3 Å². The number of hydrogen-bond donors (Lipinski definition) is 1. The van der Waals surface area contributed by atoms with Gasteiger partial charge in [-0.15, -0.1) is 0 Å². The van der Waals surface area contributed by atoms with Gasteiger partial charge in [0.1, 0.15) is 5.75 Å². The highest BCUT2D eigenvalue weighted by Crippen LogP contribution is 2.13. The molecule has 0 unspecified atom stereocenters. The van der Waals surface area contributed by atoms with E-state index in [1.54, 1.807) is 38.4 Å². The third-order valence-corrected chi connectivity index (χ3v) is 4.03. The second-order valence-electron chi connectivity index (χ2n) is 5.68. The van der Waals surface area contributed by atoms with Crippen LogP contribution in [0.25, 0.3) is 10.8 Å². The number of ether oxygens (including phenoxy) is 1. The zero-order chi connectivity index (χ0) is 17.8. The first-order valence-corrected chi connectivity index (χ1v) is 7.97. The molecular weight excluding hydrogens is 318 g/mol. The highest BCUT2D eigenvalue weighted by molar-refractivity contribution is 6.04. The first kappa shape index (κ1) is 16.7. The molecule has 25 heavy (non-hydrogen) atoms. The first-order valence-electron chi connectivity index (χ1n) is 7.97. The molecule has 1 N–H and O–H groups in total. The Hall–Kier alpha value is -3.15. The van der Waals surface area contributed by atoms with Crippen molar-refractivity contribution in [3.8, 4) is 5.75 Å². The third kappa shape index (κ3) is 3.52. The Morgan fingerprint density at radius 3 is 2.48 bits per heavy atom. The van der Waals surface area contributed by atoms with Gasteiger partial charge in [0, 0.05) is 19.0 Å². The molecule has 3 rings (SSSR count). The normalized spacial score (nSPS) is 10.6. The van der Waals surface area contributed by atoms with Gasteiger partial charge < -0.3 is 10.1 Å². The number of benzene rings is 2. The summed E-state index contributed by atoms with van der Waals surface area (Å²) in [4.78, 5) is 24.6. The first-order chi connectivity index (χ1) is 12.1. The molecule has 128 valence electrons. The summed E-state index contributed by atoms with van der Waals surface area (Å²) >= 11 is 0. The maximum absolute atomic E-state index is 12.5. The SMILES string of the molecule is COc1ccc(CCNC(=O)c2nn(C)c(=O)c3ccccc23)cc1. The molecule has 0 aliphatic rings. The lowest BCUT2D eigenvalue weighted by Gasteiger charge is -2.09. The van der Waals surface area contributed by atoms with E-state index in [-0.39, 0.29) is 17.2 Å². The molecule has 0 atom stereocenters. The number of hydrogen-bond acceptors (Lipinski definition) is 4. The Bertz CT molecular complexity index is 962. The van der Waals surface area contributed by atoms with Gasteiger partial charge in [-0.3, -0.25) is 9.59 Å². The molecule has 1 aromatic heterocycles. The van der Waals surface area contributed by atoms with Gasteiger partial charge in [-0.05, 0) is 30.2 Å². The van der Waals surface area contributed by atoms with Gasteiger partial charge in [-0.25, -0.2) is 4.68 Å². The van der Waals surface area contributed by atoms with E-state index in [1.165, 1.54) is 4.68 Å². The molecule has 0 saturated heterocycles. The van der Waals surface area contributed by atoms with Crippen molar-refractivity contribution in [3.05, 3.63) is 70.1 Å². The van der Waals surface area contributed by atoms with E-state index in [9.17, 15) is 9.59 Å². The molecule has 0 bridgehead atoms. The standard InChI is InChI=1S/C19H19N3O3/c1-22-19(24)16-6-4-3-5-15(16)17(21-22)18(23)20-12-11-13-7-9-14(25-2)10-8-13/h3-10H,11-12H2,1-2H3,(H,20,23). The highest BCUT2D eigenvalue weighted by Gasteiger charge is 2.14. The summed E-state index contributed by atoms with van der Waals surface area (Å²) in [5.41, 5.74) is 1.14. The van der Waals surface area contributed by atoms with E-state index in [0.29, 0.717) is 23.7 Å². The number of carbonyl (C=O) groups is 1. The van der Waals surface area contributed by atoms with Crippen LogP contribution in [0.15, 0.2) is 53.3 Å². The highest BCUT2D eigenvalue weighted by atomic mass is 16.5. The second kappa shape index (κ2) is 7.17. The summed E-state index contributed by atoms with van der Waals surface area (Å²) < 4.78 is 6.32. The van der Waals surface area contributed by atoms with Gasteiger partial charge >= 0.3 is 0 Å². The summed E-state index contributed by atoms with van der Waals surface area (Å²) in [6, 6.07) is 14.7. The number of amides is 1. The molecule has 0 fully saturated rings. The predicted octanol–water partition coefficient (Wildman–Crippen LogP) is 1.91. The van der Waals surface area contributed by atoms with Crippen molar-refractivity contribution >= 4 is 16.7 Å². The minimum atomic E-state index is -0.291. The monoisotopic (exact) mass is 337 g/mol. The van der Waals surface area contributed by atoms with Crippen molar-refractivity contribution in [2.75, 3.05) is 13.7 Å². The fourth-order valence-electron chi connectivity index (χ4n) is 2.66. The van der Waals surface area contributed by atoms with Gasteiger partial charge in [0.05, 0.1) is 12.5 Å². The number of nitrogens with zero attached hydrogens (tertiary/aromatic N) is 2. The summed E-state index contributed by atoms with van der Waals surface area (Å²) in [6.07, 6.45) is 0.694. The quantitative estimate of drug-likeness (QED) is 0.772. The van der Waals surface area contributed by atoms with Crippen LogP contribution in [0.3, 0.4) is 0 Å². The minimum Gasteiger partial charge on any atom is -0.497 e. The van der Waals surface area contributed by atoms with E-state index >= 15 is 0 Å². The molecule has 0 aliphatic heterocycles. The molecule has 1 heterocycles. The Morgan fingerprint density at radius 2 is 1.80 bits per heavy atom. The predicted molar refractivity (Wildman–Crippen MR) is 96.0 cm³/mol. The lowest BCUT2D eigenvalue weighted by Crippen LogP contribution is -2.30. The van der Waals surface area contributed by atoms with Crippen LogP contribution < -0.4 is 15.6 Å². The van der Waals surface area contributed by atoms with Crippen LogP contribution in [0.2, 0.25) is 0 Å². The number of methoxy groups -OCH3 is 1. The Balaban J connectivity index is 1.74. The summed E-state index contributed by atoms with van der Waals surface area (Å²) in [5, 5.41) is 8.04. The molecule has 1 amide bonds. The van der Waals surface area contributed by atoms with Gasteiger partial charge in [-0.2, -0.15) is 5.10 Å². The summed E-state index contributed by atoms with van der Waals surface area (Å²) in [7, 11) is 3.17. The van der Waals surface area contributed by atoms with E-state index in [1.807, 2.05) is 24.3 Å². The minimum absolute atomic E-state index is 0.217. The maximum atomic E-state index is 12.5. The molecule has 6 nitrogen and oxygen atoms in total. The fourth-order valence-corrected chi connectivity index (χ4v) is 2.66. The largest absolute Gasteiger partial charge is 0.497 e. The average Bonchev–Trinajstić information content (AvgIpc) is 2.65. The lowest BCUT2D eigenvalue weighted by molar-refractivity contribution is 0.0949. The number of rotatable bonds is 5. The van der Waals surface area contributed by atoms with Gasteiger partial charge in [0.15, 0.2) is 5.69 Å². The van der Waals surface area contributed by atoms with Crippen molar-refractivity contribution in [2.45, 2.75) is 6.42 Å². The van der Waals surface area contributed by atoms with E-state index in [2.05, 4.69) is 10.4 Å². The van der Waals surface area contributed by atoms with Crippen LogP contribution >= 0.6 is 0 Å². The molecule has 0 radical (unpaired) electrons. The topological polar surface area (TPSA) is 73.2 Å². The van der Waals surface area contributed by atoms with Crippen LogP contribution in [0.1, 0.15) is 16.1 Å². The van der Waals surface area contributed by atoms with Crippen molar-refractivity contribution < 1.29 is 9.53 Å². The number of aryl methyl sites for hydroxylation is 1. The molecular formula is C19H19N3O3. The Morgan fingerprint density at radius 1 is 1.12 bits per heavy atom. The van der Waals surface area contributed by atoms with Crippen molar-refractivity contribution in [1.29, 1.82) is 0 Å². The summed E-state index contributed by atoms with van der Waals surface area (Å²) in [5.74, 6) is 0.508. The third-order valence-electron chi connectivity index (χ3n) is 4.03. The Labute approximate surface area is 145 Å². The molecule has 0 spiro atoms. The summed E-state index contributed by atoms with van der Waals surface area (Å²) in [6.45, 7) is 0.476. The van der Waals surface area contributed by atoms with E-state index < -0.39 is 0 Å². The second-order valence-corrected chi connectivity index (χ2v) is 5.68. The average molecular weight is 337 g/mol. The Kier molecular flexibility index (Phi) is 4.79. The fraction of sp³-hybridized carbons (Fsp3) is 0.211. The van der Waals surface area contributed by atoms with Crippen molar-refractivity contribution in [3.63, 3.8) is 0 Å². The number of carbonyl (C=O) groups excluding carboxylic acids is 1. The zero-order valence-electron chi connectivity index (χ0n) is 14.2. The number of nitrogens with one attached hydrogen (secondary N) is 1. The number of fused-ring (bicyclic) bond motifs is 1. The smallest absolute Gasteiger partial charge is 0.274 e. The van der Waals surface area contributed by atoms with Gasteiger partial charge in [0.2, 0.25) is 0 Å². The molecule has 2 aromatic carbocycles. The van der Waals surface area contributed by atoms with Crippen LogP contribution in [-0.4, -0.2) is 29.3 Å². The van der Waals surface area contributed by atoms with E-state index in [0.717, 1.165) is 11.3 Å². The molecule has 0 saturated carbocycles. The van der Waals surface area contributed by atoms with Crippen LogP contribution in [0, 0.1) is 0 Å². The van der Waals surface area contributed by atoms with Crippen molar-refractivity contribution in [2.24, 2.45) is 7.05 Å². The van der Waals surface area contributed by atoms with Crippen molar-refractivity contribution in [1.82, 2.24) is 15.1 Å². The van der Waals surface area contributed by atoms with Gasteiger partial charge in [0.25, 0.3) is 11.5 Å².